The second-order valence-corrected chi connectivity index (χ2v) is 28.6. The molecule has 6 aromatic heterocycles. The summed E-state index contributed by atoms with van der Waals surface area (Å²) in [6.07, 6.45) is -18.6. The maximum atomic E-state index is 14.8. The smallest absolute Gasteiger partial charge is 0.191 e. The summed E-state index contributed by atoms with van der Waals surface area (Å²) in [5.74, 6) is -8.84. The number of fused-ring (bicyclic) bond motifs is 3. The van der Waals surface area contributed by atoms with Crippen molar-refractivity contribution < 1.29 is 109 Å². The number of nitrogens with one attached hydrogen (secondary N) is 3. The molecule has 0 amide bonds. The van der Waals surface area contributed by atoms with Crippen LogP contribution < -0.4 is 16.0 Å². The molecule has 12 N–H and O–H groups in total. The van der Waals surface area contributed by atoms with Crippen LogP contribution in [-0.2, 0) is 14.2 Å². The van der Waals surface area contributed by atoms with Gasteiger partial charge in [-0.15, -0.1) is 15.3 Å². The predicted molar refractivity (Wildman–Crippen MR) is 398 cm³/mol. The van der Waals surface area contributed by atoms with Crippen molar-refractivity contribution in [1.82, 2.24) is 74.9 Å². The third-order valence-electron chi connectivity index (χ3n) is 17.9. The minimum absolute atomic E-state index is 0.00102. The topological polar surface area (TPSA) is 415 Å². The van der Waals surface area contributed by atoms with E-state index < -0.39 is 256 Å². The van der Waals surface area contributed by atoms with Crippen molar-refractivity contribution in [3.63, 3.8) is 0 Å². The van der Waals surface area contributed by atoms with Crippen molar-refractivity contribution in [1.29, 1.82) is 0 Å². The number of aromatic nitrogens is 15. The summed E-state index contributed by atoms with van der Waals surface area (Å²) in [7, 11) is 0. The number of rotatable bonds is 30. The van der Waals surface area contributed by atoms with Crippen LogP contribution in [0.3, 0.4) is 0 Å². The summed E-state index contributed by atoms with van der Waals surface area (Å²) >= 11 is 3.72. The van der Waals surface area contributed by atoms with Gasteiger partial charge in [0.05, 0.1) is 99.2 Å². The van der Waals surface area contributed by atoms with Crippen LogP contribution in [0.15, 0.2) is 69.9 Å². The Morgan fingerprint density at radius 1 is 0.481 bits per heavy atom. The second kappa shape index (κ2) is 35.1. The number of thioether (sulfide) groups is 3. The Labute approximate surface area is 669 Å². The Bertz CT molecular complexity index is 5910. The number of hydrogen-bond donors (Lipinski definition) is 12. The van der Waals surface area contributed by atoms with Gasteiger partial charge in [0.15, 0.2) is 66.4 Å². The lowest BCUT2D eigenvalue weighted by Gasteiger charge is -2.17. The van der Waals surface area contributed by atoms with Crippen LogP contribution in [0.25, 0.3) is 33.5 Å². The van der Waals surface area contributed by atoms with E-state index >= 15 is 0 Å². The molecule has 15 rings (SSSR count). The van der Waals surface area contributed by atoms with Crippen LogP contribution in [-0.4, -0.2) is 251 Å². The molecular formula is C72H93F3N18O12S3. The average molecular weight is 1580 g/mol. The van der Waals surface area contributed by atoms with Gasteiger partial charge in [-0.3, -0.25) is 0 Å². The molecule has 6 heterocycles. The van der Waals surface area contributed by atoms with Gasteiger partial charge in [-0.1, -0.05) is 108 Å². The quantitative estimate of drug-likeness (QED) is 0.0168. The van der Waals surface area contributed by atoms with Gasteiger partial charge in [0, 0.05) is 84.7 Å². The first-order valence-corrected chi connectivity index (χ1v) is 37.1. The Morgan fingerprint density at radius 3 is 1.11 bits per heavy atom. The van der Waals surface area contributed by atoms with Crippen LogP contribution in [0, 0.1) is 38.2 Å². The van der Waals surface area contributed by atoms with Gasteiger partial charge in [0.2, 0.25) is 0 Å². The zero-order valence-corrected chi connectivity index (χ0v) is 60.7. The first-order valence-electron chi connectivity index (χ1n) is 47.1. The lowest BCUT2D eigenvalue weighted by Crippen LogP contribution is -2.33. The maximum absolute atomic E-state index is 14.8. The highest BCUT2D eigenvalue weighted by Crippen LogP contribution is 2.48. The summed E-state index contributed by atoms with van der Waals surface area (Å²) in [5.41, 5.74) is -2.39. The standard InChI is InChI=1S/3C24H31FN6O4S/c3*1-3-8-36-24-27-22(26-16-10-14(16)13-5-4-12(2)15(25)9-13)19-23(28-24)31(30-29-19)17-11-18(35-7-6-32)21(34)20(17)33/h3*4-5,9,14,16-18,20-21,32-34H,3,6-8,10-11H2,1-2H3,(H,26,27,28)/t3*14-,16+,17+,18-,20-,21+/m000/s1/i4D,5D,6D2,7D2,9D,10D2,14D;4D,5D,7D2,9D,10D2,14D;4D,5D,6D2,9D,10D2,14D. The SMILES string of the molecule is [2H]c1c([2H])c([C@@]2([2H])[C@H](Nc3nc(SCCC)nc4c3nnn4[C@@H]3C[C@H](OC([2H])([2H])C([2H])([2H])O)[C@@H](O)[C@H]3O)C2([2H])[2H])c([2H])c(F)c1C.[2H]c1c([2H])c([C@@]2([2H])[C@H](Nc3nc(SCCC)nc4c3nnn4[C@@H]3C[C@H](OC([2H])([2H])CO)[C@@H](O)[C@H]3O)C2([2H])[2H])c([2H])c(F)c1C.[2H]c1c([2H])c([C@@]2([2H])[C@H](Nc3nc(SCCC)nc4c3nnn4[C@@H]3C[C@H](OCC([2H])([2H])O)[C@@H](O)[C@H]3O)C2([2H])[2H])c([2H])c(F)c1C. The number of halogens is 3. The molecule has 9 aromatic rings. The molecule has 6 aliphatic rings. The third kappa shape index (κ3) is 17.5. The van der Waals surface area contributed by atoms with E-state index in [0.717, 1.165) is 17.5 Å². The normalized spacial score (nSPS) is 35.1. The van der Waals surface area contributed by atoms with E-state index in [2.05, 4.69) is 76.8 Å². The lowest BCUT2D eigenvalue weighted by atomic mass is 10.1. The average Bonchev–Trinajstić information content (AvgIpc) is 1.51. The fraction of sp³-hybridized carbons (Fsp3) is 0.583. The van der Waals surface area contributed by atoms with E-state index in [0.29, 0.717) is 23.7 Å². The number of aliphatic hydroxyl groups excluding tert-OH is 7. The summed E-state index contributed by atoms with van der Waals surface area (Å²) in [6, 6.07) is -13.5. The van der Waals surface area contributed by atoms with E-state index in [4.69, 9.17) is 49.9 Å². The molecule has 3 aromatic carbocycles. The molecule has 582 valence electrons. The minimum atomic E-state index is -3.43. The molecule has 0 unspecified atom stereocenters. The molecule has 18 atom stereocenters. The van der Waals surface area contributed by atoms with Crippen LogP contribution in [0.1, 0.15) is 183 Å². The summed E-state index contributed by atoms with van der Waals surface area (Å²) in [4.78, 5) is 26.8. The van der Waals surface area contributed by atoms with E-state index in [9.17, 15) is 59.1 Å². The van der Waals surface area contributed by atoms with Gasteiger partial charge in [0.25, 0.3) is 0 Å². The van der Waals surface area contributed by atoms with Crippen molar-refractivity contribution >= 4 is 86.2 Å². The van der Waals surface area contributed by atoms with Gasteiger partial charge in [0.1, 0.15) is 54.1 Å². The van der Waals surface area contributed by atoms with Crippen molar-refractivity contribution in [2.75, 3.05) is 72.7 Å². The van der Waals surface area contributed by atoms with Gasteiger partial charge in [-0.2, -0.15) is 0 Å². The zero-order valence-electron chi connectivity index (χ0n) is 84.3. The molecule has 6 fully saturated rings. The van der Waals surface area contributed by atoms with Gasteiger partial charge in [-0.25, -0.2) is 57.1 Å². The van der Waals surface area contributed by atoms with E-state index in [1.54, 1.807) is 0 Å². The Kier molecular flexibility index (Phi) is 16.9. The first-order chi connectivity index (χ1) is 62.2. The molecule has 0 radical (unpaired) electrons. The third-order valence-corrected chi connectivity index (χ3v) is 21.0. The van der Waals surface area contributed by atoms with Crippen molar-refractivity contribution in [2.24, 2.45) is 0 Å². The largest absolute Gasteiger partial charge is 0.394 e. The summed E-state index contributed by atoms with van der Waals surface area (Å²) in [6.45, 7) is -4.05. The first kappa shape index (κ1) is 52.2. The molecular weight excluding hydrogens is 1460 g/mol. The Hall–Kier alpha value is -7.14. The summed E-state index contributed by atoms with van der Waals surface area (Å²) < 4.78 is 276. The summed E-state index contributed by atoms with van der Waals surface area (Å²) in [5, 5.41) is 126. The second-order valence-electron chi connectivity index (χ2n) is 25.4. The van der Waals surface area contributed by atoms with Gasteiger partial charge < -0.3 is 76.1 Å². The number of anilines is 3. The van der Waals surface area contributed by atoms with Crippen LogP contribution in [0.2, 0.25) is 0 Å². The predicted octanol–water partition coefficient (Wildman–Crippen LogP) is 6.55. The molecule has 6 saturated carbocycles. The highest BCUT2D eigenvalue weighted by molar-refractivity contribution is 7.99. The Balaban J connectivity index is 0.000000170. The highest BCUT2D eigenvalue weighted by Gasteiger charge is 2.49. The molecule has 6 aliphatic carbocycles. The molecule has 0 saturated heterocycles. The minimum Gasteiger partial charge on any atom is -0.394 e. The Morgan fingerprint density at radius 2 is 0.806 bits per heavy atom. The fourth-order valence-corrected chi connectivity index (χ4v) is 14.1. The maximum Gasteiger partial charge on any atom is 0.191 e. The van der Waals surface area contributed by atoms with Crippen molar-refractivity contribution in [3.8, 4) is 0 Å². The van der Waals surface area contributed by atoms with Crippen LogP contribution in [0.4, 0.5) is 30.6 Å². The lowest BCUT2D eigenvalue weighted by molar-refractivity contribution is -0.0629. The van der Waals surface area contributed by atoms with Crippen molar-refractivity contribution in [2.45, 2.75) is 224 Å². The van der Waals surface area contributed by atoms with Crippen LogP contribution in [0.5, 0.6) is 0 Å². The zero-order chi connectivity index (χ0) is 99.3. The number of hydrogen-bond acceptors (Lipinski definition) is 30. The van der Waals surface area contributed by atoms with Gasteiger partial charge in [-0.05, 0) is 111 Å². The number of aliphatic hydroxyl groups is 9. The number of ether oxygens (including phenoxy) is 3. The van der Waals surface area contributed by atoms with E-state index in [-0.39, 0.29) is 102 Å². The van der Waals surface area contributed by atoms with Gasteiger partial charge >= 0.3 is 0 Å². The molecule has 36 heteroatoms. The number of benzene rings is 3. The number of nitrogens with zero attached hydrogens (tertiary/aromatic N) is 15. The monoisotopic (exact) mass is 1580 g/mol. The molecule has 30 nitrogen and oxygen atoms in total. The van der Waals surface area contributed by atoms with E-state index in [1.165, 1.54) is 65.4 Å². The van der Waals surface area contributed by atoms with Crippen molar-refractivity contribution in [3.05, 3.63) is 105 Å². The molecule has 0 spiro atoms. The fourth-order valence-electron chi connectivity index (χ4n) is 12.1. The van der Waals surface area contributed by atoms with E-state index in [1.807, 2.05) is 20.8 Å². The van der Waals surface area contributed by atoms with Crippen LogP contribution >= 0.6 is 35.3 Å². The highest BCUT2D eigenvalue weighted by atomic mass is 32.2. The molecule has 108 heavy (non-hydrogen) atoms. The molecule has 0 aliphatic heterocycles. The molecule has 0 bridgehead atoms.